The number of benzene rings is 1. The van der Waals surface area contributed by atoms with Gasteiger partial charge in [-0.2, -0.15) is 0 Å². The quantitative estimate of drug-likeness (QED) is 0.619. The number of aryl methyl sites for hydroxylation is 1. The number of nitrogens with one attached hydrogen (secondary N) is 2. The van der Waals surface area contributed by atoms with Crippen LogP contribution in [0.5, 0.6) is 23.0 Å². The summed E-state index contributed by atoms with van der Waals surface area (Å²) in [5.41, 5.74) is 3.23. The van der Waals surface area contributed by atoms with Gasteiger partial charge in [0.25, 0.3) is 5.91 Å². The molecule has 0 saturated heterocycles. The van der Waals surface area contributed by atoms with Crippen LogP contribution in [0.2, 0.25) is 0 Å². The first-order chi connectivity index (χ1) is 15.0. The predicted molar refractivity (Wildman–Crippen MR) is 115 cm³/mol. The van der Waals surface area contributed by atoms with E-state index in [4.69, 9.17) is 23.7 Å². The van der Waals surface area contributed by atoms with Gasteiger partial charge >= 0.3 is 0 Å². The van der Waals surface area contributed by atoms with Gasteiger partial charge in [-0.05, 0) is 24.6 Å². The fourth-order valence-electron chi connectivity index (χ4n) is 4.02. The summed E-state index contributed by atoms with van der Waals surface area (Å²) in [5.74, 6) is 1.71. The molecule has 5 rings (SSSR count). The first kappa shape index (κ1) is 19.7. The van der Waals surface area contributed by atoms with Crippen molar-refractivity contribution >= 4 is 33.1 Å². The third-order valence-corrected chi connectivity index (χ3v) is 6.35. The Morgan fingerprint density at radius 3 is 2.71 bits per heavy atom. The van der Waals surface area contributed by atoms with Crippen LogP contribution in [0.15, 0.2) is 12.1 Å². The van der Waals surface area contributed by atoms with Crippen molar-refractivity contribution in [3.8, 4) is 23.0 Å². The number of ether oxygens (including phenoxy) is 5. The van der Waals surface area contributed by atoms with E-state index >= 15 is 0 Å². The average Bonchev–Trinajstić information content (AvgIpc) is 3.38. The van der Waals surface area contributed by atoms with E-state index in [-0.39, 0.29) is 12.7 Å². The van der Waals surface area contributed by atoms with E-state index in [1.807, 2.05) is 13.0 Å². The van der Waals surface area contributed by atoms with Crippen molar-refractivity contribution in [2.24, 2.45) is 0 Å². The zero-order chi connectivity index (χ0) is 21.7. The van der Waals surface area contributed by atoms with Crippen molar-refractivity contribution in [2.75, 3.05) is 33.4 Å². The second-order valence-electron chi connectivity index (χ2n) is 7.16. The number of fused-ring (bicyclic) bond motifs is 4. The Balaban J connectivity index is 1.66. The number of nitrogens with zero attached hydrogens (tertiary/aromatic N) is 1. The molecule has 2 N–H and O–H groups in total. The van der Waals surface area contributed by atoms with Crippen LogP contribution in [0.3, 0.4) is 0 Å². The second kappa shape index (κ2) is 7.47. The fraction of sp³-hybridized carbons (Fsp3) is 0.333. The van der Waals surface area contributed by atoms with E-state index in [2.05, 4.69) is 15.6 Å². The van der Waals surface area contributed by atoms with E-state index in [0.29, 0.717) is 40.0 Å². The molecular weight excluding hydrogens is 422 g/mol. The Morgan fingerprint density at radius 2 is 1.97 bits per heavy atom. The maximum absolute atomic E-state index is 13.1. The average molecular weight is 443 g/mol. The van der Waals surface area contributed by atoms with Crippen molar-refractivity contribution in [3.63, 3.8) is 0 Å². The Bertz CT molecular complexity index is 1210. The number of rotatable bonds is 5. The minimum atomic E-state index is -0.576. The zero-order valence-electron chi connectivity index (χ0n) is 17.5. The molecule has 1 atom stereocenters. The van der Waals surface area contributed by atoms with Crippen LogP contribution in [-0.4, -0.2) is 39.0 Å². The first-order valence-corrected chi connectivity index (χ1v) is 10.4. The van der Waals surface area contributed by atoms with Gasteiger partial charge in [0, 0.05) is 23.8 Å². The summed E-state index contributed by atoms with van der Waals surface area (Å²) >= 11 is 1.36. The highest BCUT2D eigenvalue weighted by atomic mass is 32.1. The molecule has 0 saturated carbocycles. The summed E-state index contributed by atoms with van der Waals surface area (Å²) in [6, 6.07) is 3.76. The van der Waals surface area contributed by atoms with Crippen LogP contribution >= 0.6 is 11.3 Å². The molecule has 0 bridgehead atoms. The van der Waals surface area contributed by atoms with E-state index in [9.17, 15) is 4.79 Å². The van der Waals surface area contributed by atoms with E-state index in [0.717, 1.165) is 27.2 Å². The number of pyridine rings is 1. The van der Waals surface area contributed by atoms with Crippen LogP contribution in [0.1, 0.15) is 32.7 Å². The van der Waals surface area contributed by atoms with Crippen molar-refractivity contribution in [3.05, 3.63) is 33.8 Å². The molecule has 31 heavy (non-hydrogen) atoms. The number of amides is 1. The molecular formula is C21H21N3O6S. The number of methoxy groups -OCH3 is 3. The Kier molecular flexibility index (Phi) is 4.75. The lowest BCUT2D eigenvalue weighted by molar-refractivity contribution is 0.0939. The molecule has 1 unspecified atom stereocenters. The van der Waals surface area contributed by atoms with Gasteiger partial charge in [-0.25, -0.2) is 4.98 Å². The number of aromatic nitrogens is 1. The fourth-order valence-corrected chi connectivity index (χ4v) is 5.16. The molecule has 162 valence electrons. The maximum atomic E-state index is 13.1. The van der Waals surface area contributed by atoms with Gasteiger partial charge in [0.2, 0.25) is 18.3 Å². The third kappa shape index (κ3) is 3.02. The molecule has 10 heteroatoms. The SMILES string of the molecule is COCc1cc(C)nc2sc3c(c12)NC(c1cc(OC)c2c(c1OC)OCO2)NC3=O. The molecule has 0 radical (unpaired) electrons. The Labute approximate surface area is 182 Å². The lowest BCUT2D eigenvalue weighted by atomic mass is 10.0. The second-order valence-corrected chi connectivity index (χ2v) is 8.16. The normalized spacial score (nSPS) is 16.6. The highest BCUT2D eigenvalue weighted by molar-refractivity contribution is 7.21. The molecule has 0 aliphatic carbocycles. The van der Waals surface area contributed by atoms with Crippen molar-refractivity contribution in [1.29, 1.82) is 0 Å². The van der Waals surface area contributed by atoms with Crippen LogP contribution in [0, 0.1) is 6.92 Å². The number of hydrogen-bond donors (Lipinski definition) is 2. The number of anilines is 1. The largest absolute Gasteiger partial charge is 0.493 e. The summed E-state index contributed by atoms with van der Waals surface area (Å²) in [7, 11) is 4.75. The number of carbonyl (C=O) groups excluding carboxylic acids is 1. The number of hydrogen-bond acceptors (Lipinski definition) is 9. The van der Waals surface area contributed by atoms with E-state index in [1.54, 1.807) is 27.4 Å². The molecule has 1 aromatic carbocycles. The van der Waals surface area contributed by atoms with Crippen LogP contribution in [0.25, 0.3) is 10.2 Å². The van der Waals surface area contributed by atoms with E-state index in [1.165, 1.54) is 11.3 Å². The Hall–Kier alpha value is -3.24. The summed E-state index contributed by atoms with van der Waals surface area (Å²) < 4.78 is 27.6. The molecule has 1 amide bonds. The first-order valence-electron chi connectivity index (χ1n) is 9.59. The lowest BCUT2D eigenvalue weighted by Crippen LogP contribution is -2.37. The third-order valence-electron chi connectivity index (χ3n) is 5.27. The number of thiophene rings is 1. The maximum Gasteiger partial charge on any atom is 0.265 e. The van der Waals surface area contributed by atoms with Crippen molar-refractivity contribution in [2.45, 2.75) is 19.7 Å². The standard InChI is InChI=1S/C21H21N3O6S/c1-9-5-10(7-26-2)13-14-18(31-21(13)22-9)20(25)24-19(23-14)11-6-12(27-3)16-17(15(11)28-4)30-8-29-16/h5-6,19,23H,7-8H2,1-4H3,(H,24,25). The van der Waals surface area contributed by atoms with Crippen LogP contribution < -0.4 is 29.6 Å². The van der Waals surface area contributed by atoms with E-state index < -0.39 is 6.17 Å². The van der Waals surface area contributed by atoms with Gasteiger partial charge in [0.05, 0.1) is 26.5 Å². The molecule has 0 fully saturated rings. The van der Waals surface area contributed by atoms with Gasteiger partial charge in [0.1, 0.15) is 15.9 Å². The van der Waals surface area contributed by atoms with Gasteiger partial charge in [-0.1, -0.05) is 0 Å². The van der Waals surface area contributed by atoms with Crippen LogP contribution in [-0.2, 0) is 11.3 Å². The summed E-state index contributed by atoms with van der Waals surface area (Å²) in [5, 5.41) is 7.34. The highest BCUT2D eigenvalue weighted by Crippen LogP contribution is 2.52. The molecule has 9 nitrogen and oxygen atoms in total. The number of carbonyl (C=O) groups is 1. The molecule has 2 aliphatic heterocycles. The van der Waals surface area contributed by atoms with Crippen LogP contribution in [0.4, 0.5) is 5.69 Å². The Morgan fingerprint density at radius 1 is 1.16 bits per heavy atom. The van der Waals surface area contributed by atoms with Gasteiger partial charge in [-0.3, -0.25) is 4.79 Å². The smallest absolute Gasteiger partial charge is 0.265 e. The minimum Gasteiger partial charge on any atom is -0.493 e. The molecule has 4 heterocycles. The van der Waals surface area contributed by atoms with Gasteiger partial charge < -0.3 is 34.3 Å². The minimum absolute atomic E-state index is 0.0701. The zero-order valence-corrected chi connectivity index (χ0v) is 18.3. The highest BCUT2D eigenvalue weighted by Gasteiger charge is 2.35. The lowest BCUT2D eigenvalue weighted by Gasteiger charge is -2.28. The summed E-state index contributed by atoms with van der Waals surface area (Å²) in [6.45, 7) is 2.41. The molecule has 3 aromatic rings. The molecule has 2 aromatic heterocycles. The van der Waals surface area contributed by atoms with Crippen molar-refractivity contribution < 1.29 is 28.5 Å². The van der Waals surface area contributed by atoms with Crippen molar-refractivity contribution in [1.82, 2.24) is 10.3 Å². The summed E-state index contributed by atoms with van der Waals surface area (Å²) in [4.78, 5) is 19.0. The monoisotopic (exact) mass is 443 g/mol. The van der Waals surface area contributed by atoms with Gasteiger partial charge in [-0.15, -0.1) is 11.3 Å². The summed E-state index contributed by atoms with van der Waals surface area (Å²) in [6.07, 6.45) is -0.576. The molecule has 0 spiro atoms. The van der Waals surface area contributed by atoms with Gasteiger partial charge in [0.15, 0.2) is 11.5 Å². The molecule has 2 aliphatic rings. The topological polar surface area (TPSA) is 100 Å². The predicted octanol–water partition coefficient (Wildman–Crippen LogP) is 3.35.